The Labute approximate surface area is 205 Å². The topological polar surface area (TPSA) is 99.4 Å². The highest BCUT2D eigenvalue weighted by Crippen LogP contribution is 2.54. The first kappa shape index (κ1) is 24.0. The van der Waals surface area contributed by atoms with E-state index in [9.17, 15) is 20.4 Å². The molecule has 1 aliphatic heterocycles. The molecule has 0 bridgehead atoms. The third-order valence-electron chi connectivity index (χ3n) is 7.90. The van der Waals surface area contributed by atoms with Crippen molar-refractivity contribution >= 4 is 11.6 Å². The van der Waals surface area contributed by atoms with E-state index in [4.69, 9.17) is 21.1 Å². The first-order valence-corrected chi connectivity index (χ1v) is 12.6. The van der Waals surface area contributed by atoms with Gasteiger partial charge >= 0.3 is 0 Å². The van der Waals surface area contributed by atoms with E-state index in [2.05, 4.69) is 0 Å². The smallest absolute Gasteiger partial charge is 0.119 e. The second kappa shape index (κ2) is 9.76. The van der Waals surface area contributed by atoms with E-state index >= 15 is 0 Å². The van der Waals surface area contributed by atoms with Gasteiger partial charge in [0.25, 0.3) is 0 Å². The molecule has 5 rings (SSSR count). The molecule has 2 aromatic carbocycles. The van der Waals surface area contributed by atoms with Crippen molar-refractivity contribution in [1.29, 1.82) is 0 Å². The predicted molar refractivity (Wildman–Crippen MR) is 128 cm³/mol. The molecule has 1 spiro atoms. The van der Waals surface area contributed by atoms with E-state index in [-0.39, 0.29) is 0 Å². The van der Waals surface area contributed by atoms with Gasteiger partial charge in [0.15, 0.2) is 0 Å². The molecule has 1 saturated heterocycles. The number of rotatable bonds is 6. The molecule has 0 aromatic heterocycles. The molecule has 2 aliphatic carbocycles. The Hall–Kier alpha value is -1.67. The average molecular weight is 489 g/mol. The average Bonchev–Trinajstić information content (AvgIpc) is 3.30. The van der Waals surface area contributed by atoms with Crippen LogP contribution in [0.3, 0.4) is 0 Å². The summed E-state index contributed by atoms with van der Waals surface area (Å²) < 4.78 is 11.9. The van der Waals surface area contributed by atoms with Crippen LogP contribution in [-0.4, -0.2) is 57.6 Å². The van der Waals surface area contributed by atoms with Gasteiger partial charge in [0.05, 0.1) is 12.7 Å². The third-order valence-corrected chi connectivity index (χ3v) is 8.27. The Morgan fingerprint density at radius 2 is 1.65 bits per heavy atom. The molecule has 3 fully saturated rings. The van der Waals surface area contributed by atoms with E-state index in [1.54, 1.807) is 12.1 Å². The van der Waals surface area contributed by atoms with Crippen molar-refractivity contribution in [3.8, 4) is 5.75 Å². The van der Waals surface area contributed by atoms with E-state index in [1.165, 1.54) is 38.5 Å². The molecule has 7 heteroatoms. The number of aliphatic hydroxyl groups is 4. The molecule has 5 atom stereocenters. The maximum Gasteiger partial charge on any atom is 0.119 e. The Morgan fingerprint density at radius 1 is 0.941 bits per heavy atom. The van der Waals surface area contributed by atoms with Crippen LogP contribution in [0, 0.1) is 5.41 Å². The van der Waals surface area contributed by atoms with E-state index in [0.717, 1.165) is 16.9 Å². The molecule has 4 N–H and O–H groups in total. The zero-order valence-electron chi connectivity index (χ0n) is 19.1. The number of ether oxygens (including phenoxy) is 2. The standard InChI is InChI=1S/C27H33ClO6/c28-21-8-5-17(26-25(32)24(31)23(30)22(15-29)34-26)12-18(21)11-16-3-6-19(7-4-16)33-20-13-27(14-20)9-1-2-10-27/h3-8,12,20,22-26,29-32H,1-2,9-11,13-15H2/t22-,23-,24+,25-,26+/m1/s1. The number of aliphatic hydroxyl groups excluding tert-OH is 4. The van der Waals surface area contributed by atoms with Gasteiger partial charge in [-0.1, -0.05) is 48.7 Å². The normalized spacial score (nSPS) is 30.9. The van der Waals surface area contributed by atoms with Gasteiger partial charge in [-0.15, -0.1) is 0 Å². The monoisotopic (exact) mass is 488 g/mol. The first-order valence-electron chi connectivity index (χ1n) is 12.2. The molecule has 6 nitrogen and oxygen atoms in total. The molecule has 1 heterocycles. The zero-order chi connectivity index (χ0) is 23.9. The van der Waals surface area contributed by atoms with Gasteiger partial charge in [-0.05, 0) is 72.4 Å². The summed E-state index contributed by atoms with van der Waals surface area (Å²) >= 11 is 6.46. The number of hydrogen-bond acceptors (Lipinski definition) is 6. The van der Waals surface area contributed by atoms with Crippen LogP contribution < -0.4 is 4.74 Å². The summed E-state index contributed by atoms with van der Waals surface area (Å²) in [6, 6.07) is 13.4. The lowest BCUT2D eigenvalue weighted by Crippen LogP contribution is -2.55. The van der Waals surface area contributed by atoms with E-state index in [0.29, 0.717) is 28.5 Å². The van der Waals surface area contributed by atoms with Crippen LogP contribution in [0.5, 0.6) is 5.75 Å². The van der Waals surface area contributed by atoms with Gasteiger partial charge in [0, 0.05) is 5.02 Å². The molecular weight excluding hydrogens is 456 g/mol. The van der Waals surface area contributed by atoms with Crippen molar-refractivity contribution in [2.45, 2.75) is 81.6 Å². The molecular formula is C27H33ClO6. The van der Waals surface area contributed by atoms with Crippen molar-refractivity contribution in [3.05, 3.63) is 64.2 Å². The summed E-state index contributed by atoms with van der Waals surface area (Å²) in [5.74, 6) is 0.891. The lowest BCUT2D eigenvalue weighted by Gasteiger charge is -2.45. The Bertz CT molecular complexity index is 979. The molecule has 0 radical (unpaired) electrons. The fourth-order valence-corrected chi connectivity index (χ4v) is 6.09. The fraction of sp³-hybridized carbons (Fsp3) is 0.556. The number of halogens is 1. The summed E-state index contributed by atoms with van der Waals surface area (Å²) in [6.07, 6.45) is 2.75. The van der Waals surface area contributed by atoms with Crippen molar-refractivity contribution in [2.24, 2.45) is 5.41 Å². The summed E-state index contributed by atoms with van der Waals surface area (Å²) in [4.78, 5) is 0. The van der Waals surface area contributed by atoms with Crippen LogP contribution in [0.1, 0.15) is 61.3 Å². The quantitative estimate of drug-likeness (QED) is 0.496. The van der Waals surface area contributed by atoms with Crippen molar-refractivity contribution in [1.82, 2.24) is 0 Å². The highest BCUT2D eigenvalue weighted by atomic mass is 35.5. The van der Waals surface area contributed by atoms with Gasteiger partial charge < -0.3 is 29.9 Å². The summed E-state index contributed by atoms with van der Waals surface area (Å²) in [7, 11) is 0. The molecule has 2 saturated carbocycles. The SMILES string of the molecule is OC[C@H]1O[C@@H](c2ccc(Cl)c(Cc3ccc(OC4CC5(CCCC5)C4)cc3)c2)[C@H](O)[C@@H](O)[C@@H]1O. The highest BCUT2D eigenvalue weighted by Gasteiger charge is 2.47. The van der Waals surface area contributed by atoms with Gasteiger partial charge in [0.1, 0.15) is 36.3 Å². The van der Waals surface area contributed by atoms with Crippen LogP contribution in [0.25, 0.3) is 0 Å². The third kappa shape index (κ3) is 4.72. The van der Waals surface area contributed by atoms with Crippen LogP contribution in [-0.2, 0) is 11.2 Å². The second-order valence-corrected chi connectivity index (χ2v) is 10.7. The first-order chi connectivity index (χ1) is 16.4. The van der Waals surface area contributed by atoms with E-state index in [1.807, 2.05) is 30.3 Å². The Morgan fingerprint density at radius 3 is 2.32 bits per heavy atom. The number of benzene rings is 2. The molecule has 0 amide bonds. The van der Waals surface area contributed by atoms with Crippen molar-refractivity contribution in [2.75, 3.05) is 6.61 Å². The Balaban J connectivity index is 1.24. The predicted octanol–water partition coefficient (Wildman–Crippen LogP) is 3.55. The fourth-order valence-electron chi connectivity index (χ4n) is 5.91. The van der Waals surface area contributed by atoms with Crippen molar-refractivity contribution in [3.63, 3.8) is 0 Å². The van der Waals surface area contributed by atoms with E-state index < -0.39 is 37.1 Å². The van der Waals surface area contributed by atoms with Crippen molar-refractivity contribution < 1.29 is 29.9 Å². The summed E-state index contributed by atoms with van der Waals surface area (Å²) in [6.45, 7) is -0.460. The van der Waals surface area contributed by atoms with Crippen LogP contribution >= 0.6 is 11.6 Å². The van der Waals surface area contributed by atoms with Crippen LogP contribution in [0.15, 0.2) is 42.5 Å². The highest BCUT2D eigenvalue weighted by molar-refractivity contribution is 6.31. The van der Waals surface area contributed by atoms with Gasteiger partial charge in [-0.2, -0.15) is 0 Å². The molecule has 2 aromatic rings. The maximum absolute atomic E-state index is 10.5. The van der Waals surface area contributed by atoms with Gasteiger partial charge in [-0.3, -0.25) is 0 Å². The maximum atomic E-state index is 10.5. The Kier molecular flexibility index (Phi) is 6.90. The summed E-state index contributed by atoms with van der Waals surface area (Å²) in [5.41, 5.74) is 3.11. The molecule has 3 aliphatic rings. The van der Waals surface area contributed by atoms with Gasteiger partial charge in [-0.25, -0.2) is 0 Å². The molecule has 184 valence electrons. The molecule has 0 unspecified atom stereocenters. The largest absolute Gasteiger partial charge is 0.490 e. The summed E-state index contributed by atoms with van der Waals surface area (Å²) in [5, 5.41) is 40.7. The zero-order valence-corrected chi connectivity index (χ0v) is 19.9. The van der Waals surface area contributed by atoms with Crippen LogP contribution in [0.2, 0.25) is 5.02 Å². The lowest BCUT2D eigenvalue weighted by atomic mass is 9.65. The number of hydrogen-bond donors (Lipinski definition) is 4. The van der Waals surface area contributed by atoms with Crippen LogP contribution in [0.4, 0.5) is 0 Å². The molecule has 34 heavy (non-hydrogen) atoms. The van der Waals surface area contributed by atoms with Gasteiger partial charge in [0.2, 0.25) is 0 Å². The lowest BCUT2D eigenvalue weighted by molar-refractivity contribution is -0.231. The minimum absolute atomic E-state index is 0.327. The minimum atomic E-state index is -1.42. The second-order valence-electron chi connectivity index (χ2n) is 10.3. The minimum Gasteiger partial charge on any atom is -0.490 e.